The van der Waals surface area contributed by atoms with E-state index in [1.165, 1.54) is 0 Å². The molecule has 1 N–H and O–H groups in total. The molecule has 3 rings (SSSR count). The smallest absolute Gasteiger partial charge is 0.376 e. The van der Waals surface area contributed by atoms with E-state index in [9.17, 15) is 13.2 Å². The highest BCUT2D eigenvalue weighted by Gasteiger charge is 2.33. The lowest BCUT2D eigenvalue weighted by molar-refractivity contribution is -0.140. The molecular weight excluding hydrogens is 516 g/mol. The van der Waals surface area contributed by atoms with Gasteiger partial charge in [-0.25, -0.2) is 4.98 Å². The van der Waals surface area contributed by atoms with E-state index >= 15 is 0 Å². The molecule has 0 bridgehead atoms. The standard InChI is InChI=1S/C19H23F3N4OS.HI/c1-23-18(24-9-17-25-16(13-28-17)19(20,21)22)26-8-7-15(10-26)12-27-11-14-5-3-2-4-6-14;/h2-6,13,15H,7-12H2,1H3,(H,23,24);1H. The molecule has 29 heavy (non-hydrogen) atoms. The Morgan fingerprint density at radius 2 is 2.10 bits per heavy atom. The van der Waals surface area contributed by atoms with Crippen LogP contribution in [0.5, 0.6) is 0 Å². The lowest BCUT2D eigenvalue weighted by Crippen LogP contribution is -2.39. The van der Waals surface area contributed by atoms with Crippen LogP contribution < -0.4 is 5.32 Å². The molecule has 0 saturated carbocycles. The first-order valence-corrected chi connectivity index (χ1v) is 9.92. The summed E-state index contributed by atoms with van der Waals surface area (Å²) in [6.45, 7) is 3.13. The second-order valence-electron chi connectivity index (χ2n) is 6.63. The number of alkyl halides is 3. The fourth-order valence-electron chi connectivity index (χ4n) is 3.09. The van der Waals surface area contributed by atoms with E-state index in [1.54, 1.807) is 7.05 Å². The van der Waals surface area contributed by atoms with Gasteiger partial charge in [0.1, 0.15) is 5.01 Å². The van der Waals surface area contributed by atoms with Crippen LogP contribution in [0.4, 0.5) is 13.2 Å². The highest BCUT2D eigenvalue weighted by Crippen LogP contribution is 2.30. The monoisotopic (exact) mass is 540 g/mol. The first-order chi connectivity index (χ1) is 13.5. The van der Waals surface area contributed by atoms with Crippen molar-refractivity contribution < 1.29 is 17.9 Å². The number of nitrogens with one attached hydrogen (secondary N) is 1. The zero-order valence-corrected chi connectivity index (χ0v) is 19.1. The van der Waals surface area contributed by atoms with Gasteiger partial charge in [0.25, 0.3) is 0 Å². The minimum absolute atomic E-state index is 0. The molecule has 1 fully saturated rings. The molecular formula is C19H24F3IN4OS. The number of guanidine groups is 1. The van der Waals surface area contributed by atoms with Crippen molar-refractivity contribution in [1.29, 1.82) is 0 Å². The Labute approximate surface area is 189 Å². The Morgan fingerprint density at radius 3 is 2.76 bits per heavy atom. The first kappa shape index (κ1) is 23.9. The third kappa shape index (κ3) is 7.10. The van der Waals surface area contributed by atoms with Crippen LogP contribution in [0.25, 0.3) is 0 Å². The summed E-state index contributed by atoms with van der Waals surface area (Å²) in [7, 11) is 1.67. The van der Waals surface area contributed by atoms with Gasteiger partial charge in [0.15, 0.2) is 11.7 Å². The number of aromatic nitrogens is 1. The Hall–Kier alpha value is -1.40. The van der Waals surface area contributed by atoms with E-state index < -0.39 is 11.9 Å². The number of aliphatic imine (C=N–C) groups is 1. The van der Waals surface area contributed by atoms with Crippen LogP contribution in [-0.4, -0.2) is 42.6 Å². The number of benzene rings is 1. The quantitative estimate of drug-likeness (QED) is 0.336. The van der Waals surface area contributed by atoms with Gasteiger partial charge < -0.3 is 15.0 Å². The summed E-state index contributed by atoms with van der Waals surface area (Å²) < 4.78 is 43.8. The largest absolute Gasteiger partial charge is 0.434 e. The van der Waals surface area contributed by atoms with Crippen LogP contribution in [0.3, 0.4) is 0 Å². The summed E-state index contributed by atoms with van der Waals surface area (Å²) in [4.78, 5) is 9.99. The van der Waals surface area contributed by atoms with Crippen molar-refractivity contribution >= 4 is 41.3 Å². The van der Waals surface area contributed by atoms with Gasteiger partial charge in [-0.2, -0.15) is 13.2 Å². The number of hydrogen-bond donors (Lipinski definition) is 1. The molecule has 5 nitrogen and oxygen atoms in total. The number of nitrogens with zero attached hydrogens (tertiary/aromatic N) is 3. The van der Waals surface area contributed by atoms with Crippen molar-refractivity contribution in [3.63, 3.8) is 0 Å². The number of thiazole rings is 1. The lowest BCUT2D eigenvalue weighted by Gasteiger charge is -2.21. The predicted molar refractivity (Wildman–Crippen MR) is 119 cm³/mol. The van der Waals surface area contributed by atoms with Gasteiger partial charge in [-0.3, -0.25) is 4.99 Å². The minimum Gasteiger partial charge on any atom is -0.376 e. The molecule has 1 aliphatic heterocycles. The van der Waals surface area contributed by atoms with Crippen LogP contribution in [0.1, 0.15) is 22.7 Å². The van der Waals surface area contributed by atoms with Gasteiger partial charge >= 0.3 is 6.18 Å². The van der Waals surface area contributed by atoms with Gasteiger partial charge in [0.05, 0.1) is 19.8 Å². The zero-order chi connectivity index (χ0) is 20.0. The summed E-state index contributed by atoms with van der Waals surface area (Å²) in [5.74, 6) is 1.08. The highest BCUT2D eigenvalue weighted by molar-refractivity contribution is 14.0. The van der Waals surface area contributed by atoms with Crippen molar-refractivity contribution in [1.82, 2.24) is 15.2 Å². The molecule has 1 atom stereocenters. The molecule has 10 heteroatoms. The predicted octanol–water partition coefficient (Wildman–Crippen LogP) is 4.39. The Kier molecular flexibility index (Phi) is 9.15. The molecule has 0 spiro atoms. The number of likely N-dealkylation sites (tertiary alicyclic amines) is 1. The minimum atomic E-state index is -4.40. The maximum absolute atomic E-state index is 12.6. The third-order valence-electron chi connectivity index (χ3n) is 4.50. The molecule has 1 aliphatic rings. The normalized spacial score (nSPS) is 17.3. The maximum Gasteiger partial charge on any atom is 0.434 e. The van der Waals surface area contributed by atoms with Gasteiger partial charge in [0, 0.05) is 31.4 Å². The van der Waals surface area contributed by atoms with Crippen LogP contribution in [0, 0.1) is 5.92 Å². The van der Waals surface area contributed by atoms with Crippen molar-refractivity contribution in [2.45, 2.75) is 25.7 Å². The van der Waals surface area contributed by atoms with Crippen LogP contribution in [-0.2, 0) is 24.1 Å². The van der Waals surface area contributed by atoms with E-state index in [4.69, 9.17) is 4.74 Å². The summed E-state index contributed by atoms with van der Waals surface area (Å²) in [5.41, 5.74) is 0.303. The number of ether oxygens (including phenoxy) is 1. The molecule has 0 amide bonds. The Balaban J connectivity index is 0.00000300. The molecule has 160 valence electrons. The Morgan fingerprint density at radius 1 is 1.34 bits per heavy atom. The molecule has 1 aromatic carbocycles. The topological polar surface area (TPSA) is 49.8 Å². The average Bonchev–Trinajstić information content (AvgIpc) is 3.33. The van der Waals surface area contributed by atoms with Crippen LogP contribution in [0.15, 0.2) is 40.7 Å². The third-order valence-corrected chi connectivity index (χ3v) is 5.35. The van der Waals surface area contributed by atoms with Crippen molar-refractivity contribution in [3.8, 4) is 0 Å². The molecule has 1 unspecified atom stereocenters. The molecule has 0 radical (unpaired) electrons. The van der Waals surface area contributed by atoms with Gasteiger partial charge in [-0.05, 0) is 12.0 Å². The van der Waals surface area contributed by atoms with E-state index in [0.717, 1.165) is 41.8 Å². The van der Waals surface area contributed by atoms with Crippen LogP contribution >= 0.6 is 35.3 Å². The van der Waals surface area contributed by atoms with Gasteiger partial charge in [-0.1, -0.05) is 30.3 Å². The molecule has 2 heterocycles. The second kappa shape index (κ2) is 11.1. The maximum atomic E-state index is 12.6. The fourth-order valence-corrected chi connectivity index (χ4v) is 3.83. The summed E-state index contributed by atoms with van der Waals surface area (Å²) >= 11 is 0.994. The van der Waals surface area contributed by atoms with E-state index in [-0.39, 0.29) is 30.5 Å². The molecule has 2 aromatic rings. The van der Waals surface area contributed by atoms with Crippen LogP contribution in [0.2, 0.25) is 0 Å². The van der Waals surface area contributed by atoms with E-state index in [0.29, 0.717) is 30.1 Å². The molecule has 1 aromatic heterocycles. The lowest BCUT2D eigenvalue weighted by atomic mass is 10.1. The first-order valence-electron chi connectivity index (χ1n) is 9.04. The number of rotatable bonds is 6. The van der Waals surface area contributed by atoms with Crippen molar-refractivity contribution in [2.24, 2.45) is 10.9 Å². The summed E-state index contributed by atoms with van der Waals surface area (Å²) in [5, 5.41) is 4.53. The summed E-state index contributed by atoms with van der Waals surface area (Å²) in [6.07, 6.45) is -3.41. The van der Waals surface area contributed by atoms with Crippen molar-refractivity contribution in [2.75, 3.05) is 26.7 Å². The van der Waals surface area contributed by atoms with Gasteiger partial charge in [0.2, 0.25) is 0 Å². The molecule has 0 aliphatic carbocycles. The Bertz CT molecular complexity index is 785. The fraction of sp³-hybridized carbons (Fsp3) is 0.474. The van der Waals surface area contributed by atoms with E-state index in [1.807, 2.05) is 30.3 Å². The number of hydrogen-bond acceptors (Lipinski definition) is 4. The molecule has 1 saturated heterocycles. The number of halogens is 4. The second-order valence-corrected chi connectivity index (χ2v) is 7.57. The highest BCUT2D eigenvalue weighted by atomic mass is 127. The summed E-state index contributed by atoms with van der Waals surface area (Å²) in [6, 6.07) is 10.0. The van der Waals surface area contributed by atoms with E-state index in [2.05, 4.69) is 20.2 Å². The van der Waals surface area contributed by atoms with Gasteiger partial charge in [-0.15, -0.1) is 35.3 Å². The van der Waals surface area contributed by atoms with Crippen molar-refractivity contribution in [3.05, 3.63) is 52.0 Å². The SMILES string of the molecule is CN=C(NCc1nc(C(F)(F)F)cs1)N1CCC(COCc2ccccc2)C1.I. The average molecular weight is 540 g/mol. The zero-order valence-electron chi connectivity index (χ0n) is 16.0.